The highest BCUT2D eigenvalue weighted by molar-refractivity contribution is 5.69. The van der Waals surface area contributed by atoms with E-state index < -0.39 is 0 Å². The first-order valence-corrected chi connectivity index (χ1v) is 25.5. The lowest BCUT2D eigenvalue weighted by atomic mass is 10.0. The molecule has 0 amide bonds. The Morgan fingerprint density at radius 1 is 0.339 bits per heavy atom. The molecule has 0 aromatic carbocycles. The molecule has 0 radical (unpaired) electrons. The molecule has 0 spiro atoms. The lowest BCUT2D eigenvalue weighted by Crippen LogP contribution is -2.20. The first kappa shape index (κ1) is 54.9. The van der Waals surface area contributed by atoms with Gasteiger partial charge in [-0.2, -0.15) is 0 Å². The average molecular weight is 792 g/mol. The lowest BCUT2D eigenvalue weighted by molar-refractivity contribution is -0.151. The number of esters is 2. The van der Waals surface area contributed by atoms with Crippen molar-refractivity contribution in [2.45, 2.75) is 297 Å². The van der Waals surface area contributed by atoms with Gasteiger partial charge in [-0.25, -0.2) is 0 Å². The number of carbonyl (C=O) groups is 2. The predicted molar refractivity (Wildman–Crippen MR) is 245 cm³/mol. The molecule has 0 aliphatic rings. The Morgan fingerprint density at radius 3 is 0.857 bits per heavy atom. The number of rotatable bonds is 46. The van der Waals surface area contributed by atoms with Crippen LogP contribution in [0.5, 0.6) is 0 Å². The highest BCUT2D eigenvalue weighted by atomic mass is 16.5. The summed E-state index contributed by atoms with van der Waals surface area (Å²) in [7, 11) is 2.26. The van der Waals surface area contributed by atoms with Crippen LogP contribution in [-0.2, 0) is 19.1 Å². The molecule has 0 bridgehead atoms. The van der Waals surface area contributed by atoms with Crippen LogP contribution in [0.3, 0.4) is 0 Å². The highest BCUT2D eigenvalue weighted by Gasteiger charge is 2.16. The summed E-state index contributed by atoms with van der Waals surface area (Å²) in [6.45, 7) is 11.4. The van der Waals surface area contributed by atoms with Gasteiger partial charge in [0, 0.05) is 12.8 Å². The minimum Gasteiger partial charge on any atom is -0.462 e. The van der Waals surface area contributed by atoms with Gasteiger partial charge in [-0.3, -0.25) is 9.59 Å². The second-order valence-corrected chi connectivity index (χ2v) is 17.8. The summed E-state index contributed by atoms with van der Waals surface area (Å²) in [5, 5.41) is 0. The van der Waals surface area contributed by atoms with Gasteiger partial charge in [-0.05, 0) is 97.2 Å². The SMILES string of the molecule is CCCCCCCCC(CCCCCCCC)OC(=O)CCCCCCCN(C)CCCCCCCC(=O)OC(CCCCCCCC)CCCCCCCC. The molecule has 0 atom stereocenters. The summed E-state index contributed by atoms with van der Waals surface area (Å²) in [6.07, 6.45) is 48.3. The molecule has 0 aromatic heterocycles. The summed E-state index contributed by atoms with van der Waals surface area (Å²) >= 11 is 0. The predicted octanol–water partition coefficient (Wildman–Crippen LogP) is 16.4. The van der Waals surface area contributed by atoms with E-state index in [0.29, 0.717) is 12.8 Å². The standard InChI is InChI=1S/C51H101NO4/c1-6-10-14-18-24-32-40-48(41-33-25-19-15-11-7-2)55-50(53)44-36-28-22-30-38-46-52(5)47-39-31-23-29-37-45-51(54)56-49(42-34-26-20-16-12-8-3)43-35-27-21-17-13-9-4/h48-49H,6-47H2,1-5H3. The normalized spacial score (nSPS) is 11.7. The molecule has 5 nitrogen and oxygen atoms in total. The van der Waals surface area contributed by atoms with Crippen LogP contribution < -0.4 is 0 Å². The second kappa shape index (κ2) is 45.0. The molecule has 0 aliphatic carbocycles. The minimum absolute atomic E-state index is 0.0397. The third kappa shape index (κ3) is 41.1. The molecular weight excluding hydrogens is 691 g/mol. The van der Waals surface area contributed by atoms with Gasteiger partial charge in [-0.1, -0.05) is 195 Å². The topological polar surface area (TPSA) is 55.8 Å². The molecule has 5 heteroatoms. The Hall–Kier alpha value is -1.10. The smallest absolute Gasteiger partial charge is 0.306 e. The van der Waals surface area contributed by atoms with Gasteiger partial charge < -0.3 is 14.4 Å². The van der Waals surface area contributed by atoms with E-state index in [4.69, 9.17) is 9.47 Å². The summed E-state index contributed by atoms with van der Waals surface area (Å²) in [4.78, 5) is 27.9. The number of carbonyl (C=O) groups excluding carboxylic acids is 2. The molecule has 0 aromatic rings. The number of nitrogens with zero attached hydrogens (tertiary/aromatic N) is 1. The zero-order valence-electron chi connectivity index (χ0n) is 38.9. The Bertz CT molecular complexity index is 707. The van der Waals surface area contributed by atoms with E-state index >= 15 is 0 Å². The van der Waals surface area contributed by atoms with E-state index in [0.717, 1.165) is 64.5 Å². The van der Waals surface area contributed by atoms with E-state index in [2.05, 4.69) is 39.6 Å². The van der Waals surface area contributed by atoms with Gasteiger partial charge in [0.15, 0.2) is 0 Å². The van der Waals surface area contributed by atoms with Crippen molar-refractivity contribution >= 4 is 11.9 Å². The Labute approximate surface area is 351 Å². The van der Waals surface area contributed by atoms with E-state index in [1.165, 1.54) is 193 Å². The average Bonchev–Trinajstić information content (AvgIpc) is 3.19. The van der Waals surface area contributed by atoms with Crippen LogP contribution in [0.4, 0.5) is 0 Å². The van der Waals surface area contributed by atoms with Crippen molar-refractivity contribution in [1.82, 2.24) is 4.90 Å². The quantitative estimate of drug-likeness (QED) is 0.0454. The van der Waals surface area contributed by atoms with E-state index in [1.807, 2.05) is 0 Å². The first-order valence-electron chi connectivity index (χ1n) is 25.5. The van der Waals surface area contributed by atoms with Gasteiger partial charge in [-0.15, -0.1) is 0 Å². The van der Waals surface area contributed by atoms with Gasteiger partial charge in [0.25, 0.3) is 0 Å². The number of ether oxygens (including phenoxy) is 2. The molecule has 0 N–H and O–H groups in total. The van der Waals surface area contributed by atoms with Crippen molar-refractivity contribution in [2.24, 2.45) is 0 Å². The van der Waals surface area contributed by atoms with Crippen LogP contribution in [-0.4, -0.2) is 49.2 Å². The van der Waals surface area contributed by atoms with E-state index in [-0.39, 0.29) is 24.1 Å². The maximum Gasteiger partial charge on any atom is 0.306 e. The molecule has 0 saturated heterocycles. The zero-order chi connectivity index (χ0) is 41.0. The highest BCUT2D eigenvalue weighted by Crippen LogP contribution is 2.20. The fourth-order valence-electron chi connectivity index (χ4n) is 8.10. The van der Waals surface area contributed by atoms with E-state index in [9.17, 15) is 9.59 Å². The maximum absolute atomic E-state index is 12.7. The van der Waals surface area contributed by atoms with Crippen LogP contribution in [0.15, 0.2) is 0 Å². The van der Waals surface area contributed by atoms with Crippen LogP contribution in [0.25, 0.3) is 0 Å². The number of unbranched alkanes of at least 4 members (excludes halogenated alkanes) is 28. The molecular formula is C51H101NO4. The Balaban J connectivity index is 4.02. The molecule has 0 rings (SSSR count). The van der Waals surface area contributed by atoms with Crippen molar-refractivity contribution in [3.63, 3.8) is 0 Å². The molecule has 0 fully saturated rings. The van der Waals surface area contributed by atoms with Crippen molar-refractivity contribution in [2.75, 3.05) is 20.1 Å². The van der Waals surface area contributed by atoms with Crippen molar-refractivity contribution in [1.29, 1.82) is 0 Å². The molecule has 0 aliphatic heterocycles. The van der Waals surface area contributed by atoms with Gasteiger partial charge in [0.1, 0.15) is 12.2 Å². The van der Waals surface area contributed by atoms with Gasteiger partial charge in [0.05, 0.1) is 0 Å². The first-order chi connectivity index (χ1) is 27.5. The minimum atomic E-state index is 0.0397. The summed E-state index contributed by atoms with van der Waals surface area (Å²) in [6, 6.07) is 0. The molecule has 334 valence electrons. The van der Waals surface area contributed by atoms with Crippen LogP contribution >= 0.6 is 0 Å². The number of hydrogen-bond donors (Lipinski definition) is 0. The summed E-state index contributed by atoms with van der Waals surface area (Å²) < 4.78 is 12.1. The Kier molecular flexibility index (Phi) is 44.1. The molecule has 0 unspecified atom stereocenters. The largest absolute Gasteiger partial charge is 0.462 e. The third-order valence-electron chi connectivity index (χ3n) is 12.0. The maximum atomic E-state index is 12.7. The third-order valence-corrected chi connectivity index (χ3v) is 12.0. The van der Waals surface area contributed by atoms with Gasteiger partial charge >= 0.3 is 11.9 Å². The summed E-state index contributed by atoms with van der Waals surface area (Å²) in [5.74, 6) is 0.0794. The van der Waals surface area contributed by atoms with E-state index in [1.54, 1.807) is 0 Å². The molecule has 56 heavy (non-hydrogen) atoms. The Morgan fingerprint density at radius 2 is 0.571 bits per heavy atom. The van der Waals surface area contributed by atoms with Crippen molar-refractivity contribution < 1.29 is 19.1 Å². The fourth-order valence-corrected chi connectivity index (χ4v) is 8.10. The van der Waals surface area contributed by atoms with Crippen molar-refractivity contribution in [3.05, 3.63) is 0 Å². The lowest BCUT2D eigenvalue weighted by Gasteiger charge is -2.18. The van der Waals surface area contributed by atoms with Crippen molar-refractivity contribution in [3.8, 4) is 0 Å². The monoisotopic (exact) mass is 792 g/mol. The zero-order valence-corrected chi connectivity index (χ0v) is 38.9. The fraction of sp³-hybridized carbons (Fsp3) is 0.961. The van der Waals surface area contributed by atoms with Crippen LogP contribution in [0.2, 0.25) is 0 Å². The molecule has 0 saturated carbocycles. The second-order valence-electron chi connectivity index (χ2n) is 17.8. The van der Waals surface area contributed by atoms with Crippen LogP contribution in [0.1, 0.15) is 285 Å². The number of hydrogen-bond acceptors (Lipinski definition) is 5. The summed E-state index contributed by atoms with van der Waals surface area (Å²) in [5.41, 5.74) is 0. The van der Waals surface area contributed by atoms with Crippen LogP contribution in [0, 0.1) is 0 Å². The van der Waals surface area contributed by atoms with Gasteiger partial charge in [0.2, 0.25) is 0 Å². The molecule has 0 heterocycles.